The third-order valence-corrected chi connectivity index (χ3v) is 3.34. The molecule has 0 aliphatic rings. The van der Waals surface area contributed by atoms with Gasteiger partial charge in [0.2, 0.25) is 6.41 Å². The van der Waals surface area contributed by atoms with Gasteiger partial charge >= 0.3 is 0 Å². The second-order valence-corrected chi connectivity index (χ2v) is 5.53. The molecule has 1 rings (SSSR count). The van der Waals surface area contributed by atoms with E-state index in [4.69, 9.17) is 0 Å². The minimum atomic E-state index is -0.792. The second kappa shape index (κ2) is 6.68. The molecule has 1 heterocycles. The first-order valence-corrected chi connectivity index (χ1v) is 6.46. The van der Waals surface area contributed by atoms with E-state index in [0.29, 0.717) is 6.41 Å². The van der Waals surface area contributed by atoms with Gasteiger partial charge in [0.15, 0.2) is 11.5 Å². The average Bonchev–Trinajstić information content (AvgIpc) is 2.86. The highest BCUT2D eigenvalue weighted by molar-refractivity contribution is 5.99. The molecule has 8 nitrogen and oxygen atoms in total. The van der Waals surface area contributed by atoms with Crippen LogP contribution < -0.4 is 4.90 Å². The van der Waals surface area contributed by atoms with Crippen molar-refractivity contribution in [3.05, 3.63) is 12.0 Å². The number of hydrogen-bond acceptors (Lipinski definition) is 5. The fraction of sp³-hybridized carbons (Fsp3) is 0.615. The molecular formula is C13H22N4O4. The minimum absolute atomic E-state index is 0.175. The van der Waals surface area contributed by atoms with Crippen LogP contribution in [0.4, 0.5) is 5.82 Å². The number of imidazole rings is 1. The van der Waals surface area contributed by atoms with E-state index in [1.165, 1.54) is 27.7 Å². The smallest absolute Gasteiger partial charge is 0.274 e. The first-order valence-electron chi connectivity index (χ1n) is 6.46. The van der Waals surface area contributed by atoms with Gasteiger partial charge in [0.25, 0.3) is 5.91 Å². The average molecular weight is 298 g/mol. The Balaban J connectivity index is 3.03. The van der Waals surface area contributed by atoms with Gasteiger partial charge in [0.05, 0.1) is 19.5 Å². The summed E-state index contributed by atoms with van der Waals surface area (Å²) in [5.41, 5.74) is -0.523. The Kier molecular flexibility index (Phi) is 5.45. The number of carbonyl (C=O) groups excluding carboxylic acids is 2. The minimum Gasteiger partial charge on any atom is -0.396 e. The summed E-state index contributed by atoms with van der Waals surface area (Å²) >= 11 is 0. The fourth-order valence-electron chi connectivity index (χ4n) is 1.95. The van der Waals surface area contributed by atoms with E-state index < -0.39 is 5.41 Å². The molecule has 0 saturated heterocycles. The molecule has 0 atom stereocenters. The highest BCUT2D eigenvalue weighted by Crippen LogP contribution is 2.21. The lowest BCUT2D eigenvalue weighted by Gasteiger charge is -2.30. The molecular weight excluding hydrogens is 276 g/mol. The molecule has 0 radical (unpaired) electrons. The van der Waals surface area contributed by atoms with Crippen molar-refractivity contribution in [1.29, 1.82) is 0 Å². The van der Waals surface area contributed by atoms with Crippen LogP contribution in [-0.2, 0) is 11.8 Å². The van der Waals surface area contributed by atoms with Gasteiger partial charge in [-0.2, -0.15) is 0 Å². The molecule has 0 spiro atoms. The molecule has 0 bridgehead atoms. The van der Waals surface area contributed by atoms with Crippen molar-refractivity contribution in [2.24, 2.45) is 12.5 Å². The zero-order valence-corrected chi connectivity index (χ0v) is 12.8. The summed E-state index contributed by atoms with van der Waals surface area (Å²) < 4.78 is 1.53. The zero-order valence-electron chi connectivity index (χ0n) is 12.8. The van der Waals surface area contributed by atoms with E-state index in [1.807, 2.05) is 0 Å². The number of aliphatic hydroxyl groups is 2. The Bertz CT molecular complexity index is 510. The molecule has 0 saturated carbocycles. The van der Waals surface area contributed by atoms with Crippen molar-refractivity contribution in [3.63, 3.8) is 0 Å². The number of aryl methyl sites for hydroxylation is 1. The SMILES string of the molecule is CN(CC(C)(CO)CO)C(=O)c1c(N(C)C=O)ncn1C. The van der Waals surface area contributed by atoms with Crippen LogP contribution in [0.15, 0.2) is 6.33 Å². The summed E-state index contributed by atoms with van der Waals surface area (Å²) in [6.07, 6.45) is 2.03. The van der Waals surface area contributed by atoms with Crippen LogP contribution in [0.25, 0.3) is 0 Å². The van der Waals surface area contributed by atoms with Crippen molar-refractivity contribution in [2.75, 3.05) is 38.8 Å². The number of hydrogen-bond donors (Lipinski definition) is 2. The Morgan fingerprint density at radius 1 is 1.43 bits per heavy atom. The van der Waals surface area contributed by atoms with Crippen molar-refractivity contribution in [3.8, 4) is 0 Å². The highest BCUT2D eigenvalue weighted by Gasteiger charge is 2.29. The summed E-state index contributed by atoms with van der Waals surface area (Å²) in [7, 11) is 4.74. The van der Waals surface area contributed by atoms with Gasteiger partial charge in [-0.15, -0.1) is 0 Å². The quantitative estimate of drug-likeness (QED) is 0.634. The molecule has 118 valence electrons. The van der Waals surface area contributed by atoms with Gasteiger partial charge in [0, 0.05) is 33.1 Å². The van der Waals surface area contributed by atoms with Gasteiger partial charge < -0.3 is 24.6 Å². The van der Waals surface area contributed by atoms with Crippen LogP contribution in [0.2, 0.25) is 0 Å². The maximum absolute atomic E-state index is 12.5. The van der Waals surface area contributed by atoms with Gasteiger partial charge in [-0.3, -0.25) is 9.59 Å². The number of rotatable bonds is 7. The van der Waals surface area contributed by atoms with Gasteiger partial charge in [-0.1, -0.05) is 6.92 Å². The number of aliphatic hydroxyl groups excluding tert-OH is 2. The van der Waals surface area contributed by atoms with E-state index in [9.17, 15) is 19.8 Å². The summed E-state index contributed by atoms with van der Waals surface area (Å²) in [6, 6.07) is 0. The predicted octanol–water partition coefficient (Wildman–Crippen LogP) is -0.924. The van der Waals surface area contributed by atoms with E-state index in [0.717, 1.165) is 0 Å². The number of anilines is 1. The molecule has 8 heteroatoms. The van der Waals surface area contributed by atoms with Crippen molar-refractivity contribution >= 4 is 18.1 Å². The molecule has 2 amide bonds. The molecule has 2 N–H and O–H groups in total. The van der Waals surface area contributed by atoms with Crippen molar-refractivity contribution in [1.82, 2.24) is 14.5 Å². The van der Waals surface area contributed by atoms with Crippen LogP contribution in [0.3, 0.4) is 0 Å². The Labute approximate surface area is 123 Å². The van der Waals surface area contributed by atoms with Gasteiger partial charge in [0.1, 0.15) is 0 Å². The monoisotopic (exact) mass is 298 g/mol. The van der Waals surface area contributed by atoms with Crippen LogP contribution in [0.5, 0.6) is 0 Å². The lowest BCUT2D eigenvalue weighted by Crippen LogP contribution is -2.42. The van der Waals surface area contributed by atoms with E-state index >= 15 is 0 Å². The van der Waals surface area contributed by atoms with Crippen LogP contribution in [-0.4, -0.2) is 70.8 Å². The fourth-order valence-corrected chi connectivity index (χ4v) is 1.95. The highest BCUT2D eigenvalue weighted by atomic mass is 16.3. The lowest BCUT2D eigenvalue weighted by molar-refractivity contribution is -0.107. The molecule has 0 aliphatic carbocycles. The molecule has 0 aliphatic heterocycles. The third-order valence-electron chi connectivity index (χ3n) is 3.34. The molecule has 0 fully saturated rings. The molecule has 0 aromatic carbocycles. The molecule has 0 unspecified atom stereocenters. The lowest BCUT2D eigenvalue weighted by atomic mass is 9.92. The summed E-state index contributed by atoms with van der Waals surface area (Å²) in [5.74, 6) is -0.0779. The normalized spacial score (nSPS) is 11.3. The Hall–Kier alpha value is -1.93. The summed E-state index contributed by atoms with van der Waals surface area (Å²) in [6.45, 7) is 1.37. The first kappa shape index (κ1) is 17.1. The summed E-state index contributed by atoms with van der Waals surface area (Å²) in [5, 5.41) is 18.6. The first-order chi connectivity index (χ1) is 9.79. The van der Waals surface area contributed by atoms with Crippen LogP contribution in [0, 0.1) is 5.41 Å². The predicted molar refractivity (Wildman–Crippen MR) is 76.9 cm³/mol. The Morgan fingerprint density at radius 2 is 2.00 bits per heavy atom. The number of aromatic nitrogens is 2. The Morgan fingerprint density at radius 3 is 2.48 bits per heavy atom. The van der Waals surface area contributed by atoms with Gasteiger partial charge in [-0.05, 0) is 0 Å². The third kappa shape index (κ3) is 3.59. The van der Waals surface area contributed by atoms with Crippen molar-refractivity contribution < 1.29 is 19.8 Å². The van der Waals surface area contributed by atoms with Crippen LogP contribution in [0.1, 0.15) is 17.4 Å². The van der Waals surface area contributed by atoms with E-state index in [-0.39, 0.29) is 37.2 Å². The standard InChI is InChI=1S/C13H22N4O4/c1-13(6-18,7-19)5-15(2)12(21)10-11(17(4)9-20)14-8-16(10)3/h8-9,18-19H,5-7H2,1-4H3. The van der Waals surface area contributed by atoms with E-state index in [2.05, 4.69) is 4.98 Å². The number of carbonyl (C=O) groups is 2. The van der Waals surface area contributed by atoms with E-state index in [1.54, 1.807) is 21.0 Å². The zero-order chi connectivity index (χ0) is 16.2. The maximum Gasteiger partial charge on any atom is 0.274 e. The molecule has 1 aromatic heterocycles. The number of amides is 2. The second-order valence-electron chi connectivity index (χ2n) is 5.53. The summed E-state index contributed by atoms with van der Waals surface area (Å²) in [4.78, 5) is 30.1. The molecule has 21 heavy (non-hydrogen) atoms. The van der Waals surface area contributed by atoms with Crippen LogP contribution >= 0.6 is 0 Å². The van der Waals surface area contributed by atoms with Crippen molar-refractivity contribution in [2.45, 2.75) is 6.92 Å². The maximum atomic E-state index is 12.5. The number of nitrogens with zero attached hydrogens (tertiary/aromatic N) is 4. The molecule has 1 aromatic rings. The topological polar surface area (TPSA) is 98.9 Å². The van der Waals surface area contributed by atoms with Gasteiger partial charge in [-0.25, -0.2) is 4.98 Å². The largest absolute Gasteiger partial charge is 0.396 e.